The molecule has 0 fully saturated rings. The second kappa shape index (κ2) is 12.8. The van der Waals surface area contributed by atoms with Crippen molar-refractivity contribution in [2.45, 2.75) is 6.54 Å². The van der Waals surface area contributed by atoms with Gasteiger partial charge >= 0.3 is 0 Å². The molecule has 0 aliphatic carbocycles. The quantitative estimate of drug-likeness (QED) is 0.114. The molecule has 5 aromatic carbocycles. The van der Waals surface area contributed by atoms with E-state index in [0.29, 0.717) is 49.4 Å². The number of hydrogen-bond donors (Lipinski definition) is 2. The molecule has 8 heteroatoms. The van der Waals surface area contributed by atoms with Crippen LogP contribution in [0.25, 0.3) is 21.5 Å². The van der Waals surface area contributed by atoms with Crippen molar-refractivity contribution < 1.29 is 15.1 Å². The zero-order chi connectivity index (χ0) is 28.6. The van der Waals surface area contributed by atoms with Crippen molar-refractivity contribution in [1.29, 1.82) is 0 Å². The second-order valence-corrected chi connectivity index (χ2v) is 9.67. The fraction of sp³-hybridized carbons (Fsp3) is 0.152. The van der Waals surface area contributed by atoms with Crippen molar-refractivity contribution in [1.82, 2.24) is 4.90 Å². The van der Waals surface area contributed by atoms with E-state index in [1.54, 1.807) is 42.8 Å². The average molecular weight is 547 g/mol. The first-order valence-electron chi connectivity index (χ1n) is 13.4. The van der Waals surface area contributed by atoms with E-state index in [1.165, 1.54) is 6.07 Å². The minimum atomic E-state index is -0.365. The van der Waals surface area contributed by atoms with Crippen LogP contribution in [0.5, 0.6) is 11.5 Å². The largest absolute Gasteiger partial charge is 0.507 e. The molecule has 0 spiro atoms. The summed E-state index contributed by atoms with van der Waals surface area (Å²) in [4.78, 5) is 22.5. The molecule has 206 valence electrons. The van der Waals surface area contributed by atoms with Crippen LogP contribution in [-0.4, -0.2) is 58.6 Å². The predicted octanol–water partition coefficient (Wildman–Crippen LogP) is 6.35. The Labute approximate surface area is 237 Å². The maximum atomic E-state index is 11.6. The van der Waals surface area contributed by atoms with Gasteiger partial charge in [-0.1, -0.05) is 78.9 Å². The molecule has 8 nitrogen and oxygen atoms in total. The molecule has 41 heavy (non-hydrogen) atoms. The van der Waals surface area contributed by atoms with Crippen LogP contribution >= 0.6 is 0 Å². The molecule has 0 unspecified atom stereocenters. The van der Waals surface area contributed by atoms with Gasteiger partial charge in [0, 0.05) is 54.8 Å². The SMILES string of the molecule is O=[N+]([O-])c1ccccc1CN(CCN=Cc1c(O)ccc2ccccc12)CCN=Cc1c(O)ccc2ccccc12. The maximum absolute atomic E-state index is 11.6. The summed E-state index contributed by atoms with van der Waals surface area (Å²) < 4.78 is 0. The van der Waals surface area contributed by atoms with Gasteiger partial charge in [-0.3, -0.25) is 25.0 Å². The van der Waals surface area contributed by atoms with Gasteiger partial charge in [0.15, 0.2) is 0 Å². The van der Waals surface area contributed by atoms with E-state index in [2.05, 4.69) is 14.9 Å². The van der Waals surface area contributed by atoms with Gasteiger partial charge in [-0.25, -0.2) is 0 Å². The van der Waals surface area contributed by atoms with Gasteiger partial charge in [0.05, 0.1) is 18.0 Å². The predicted molar refractivity (Wildman–Crippen MR) is 165 cm³/mol. The van der Waals surface area contributed by atoms with Crippen molar-refractivity contribution in [3.05, 3.63) is 124 Å². The molecule has 5 rings (SSSR count). The van der Waals surface area contributed by atoms with E-state index < -0.39 is 0 Å². The first-order chi connectivity index (χ1) is 20.0. The zero-order valence-corrected chi connectivity index (χ0v) is 22.4. The Morgan fingerprint density at radius 2 is 1.17 bits per heavy atom. The number of nitrogens with zero attached hydrogens (tertiary/aromatic N) is 4. The molecular formula is C33H30N4O4. The zero-order valence-electron chi connectivity index (χ0n) is 22.4. The fourth-order valence-electron chi connectivity index (χ4n) is 4.88. The highest BCUT2D eigenvalue weighted by Gasteiger charge is 2.16. The van der Waals surface area contributed by atoms with Crippen LogP contribution in [0.2, 0.25) is 0 Å². The van der Waals surface area contributed by atoms with Gasteiger partial charge in [-0.05, 0) is 33.7 Å². The highest BCUT2D eigenvalue weighted by atomic mass is 16.6. The molecule has 5 aromatic rings. The molecule has 0 aliphatic heterocycles. The van der Waals surface area contributed by atoms with Crippen LogP contribution in [0.3, 0.4) is 0 Å². The van der Waals surface area contributed by atoms with E-state index in [-0.39, 0.29) is 22.1 Å². The lowest BCUT2D eigenvalue weighted by molar-refractivity contribution is -0.385. The van der Waals surface area contributed by atoms with Crippen LogP contribution in [-0.2, 0) is 6.54 Å². The number of para-hydroxylation sites is 1. The molecule has 2 N–H and O–H groups in total. The van der Waals surface area contributed by atoms with Gasteiger partial charge in [0.2, 0.25) is 0 Å². The second-order valence-electron chi connectivity index (χ2n) is 9.67. The number of benzene rings is 5. The minimum absolute atomic E-state index is 0.0749. The molecule has 0 heterocycles. The Hall–Kier alpha value is -5.08. The van der Waals surface area contributed by atoms with Crippen LogP contribution < -0.4 is 0 Å². The third-order valence-electron chi connectivity index (χ3n) is 7.01. The Morgan fingerprint density at radius 3 is 1.71 bits per heavy atom. The van der Waals surface area contributed by atoms with Crippen molar-refractivity contribution in [2.75, 3.05) is 26.2 Å². The van der Waals surface area contributed by atoms with Crippen LogP contribution in [0.4, 0.5) is 5.69 Å². The van der Waals surface area contributed by atoms with E-state index >= 15 is 0 Å². The molecule has 0 bridgehead atoms. The lowest BCUT2D eigenvalue weighted by atomic mass is 10.0. The van der Waals surface area contributed by atoms with Crippen molar-refractivity contribution in [3.63, 3.8) is 0 Å². The van der Waals surface area contributed by atoms with Gasteiger partial charge < -0.3 is 10.2 Å². The molecule has 0 atom stereocenters. The number of rotatable bonds is 11. The summed E-state index contributed by atoms with van der Waals surface area (Å²) in [5.74, 6) is 0.325. The molecular weight excluding hydrogens is 516 g/mol. The summed E-state index contributed by atoms with van der Waals surface area (Å²) in [7, 11) is 0. The lowest BCUT2D eigenvalue weighted by Gasteiger charge is -2.20. The number of nitro benzene ring substituents is 1. The third kappa shape index (κ3) is 6.57. The number of phenolic OH excluding ortho intramolecular Hbond substituents is 2. The van der Waals surface area contributed by atoms with Crippen LogP contribution in [0.1, 0.15) is 16.7 Å². The first kappa shape index (κ1) is 27.5. The first-order valence-corrected chi connectivity index (χ1v) is 13.4. The summed E-state index contributed by atoms with van der Waals surface area (Å²) in [6.07, 6.45) is 3.37. The number of fused-ring (bicyclic) bond motifs is 2. The van der Waals surface area contributed by atoms with Crippen molar-refractivity contribution >= 4 is 39.7 Å². The van der Waals surface area contributed by atoms with E-state index in [0.717, 1.165) is 21.5 Å². The summed E-state index contributed by atoms with van der Waals surface area (Å²) >= 11 is 0. The van der Waals surface area contributed by atoms with Crippen molar-refractivity contribution in [3.8, 4) is 11.5 Å². The van der Waals surface area contributed by atoms with E-state index in [9.17, 15) is 20.3 Å². The summed E-state index contributed by atoms with van der Waals surface area (Å²) in [5.41, 5.74) is 2.01. The normalized spacial score (nSPS) is 11.8. The van der Waals surface area contributed by atoms with E-state index in [4.69, 9.17) is 0 Å². The molecule has 0 aliphatic rings. The summed E-state index contributed by atoms with van der Waals surface area (Å²) in [6, 6.07) is 29.4. The van der Waals surface area contributed by atoms with Gasteiger partial charge in [-0.2, -0.15) is 0 Å². The average Bonchev–Trinajstić information content (AvgIpc) is 2.99. The molecule has 0 saturated carbocycles. The molecule has 0 amide bonds. The minimum Gasteiger partial charge on any atom is -0.507 e. The fourth-order valence-corrected chi connectivity index (χ4v) is 4.88. The van der Waals surface area contributed by atoms with Crippen LogP contribution in [0, 0.1) is 10.1 Å². The Kier molecular flexibility index (Phi) is 8.61. The Morgan fingerprint density at radius 1 is 0.683 bits per heavy atom. The lowest BCUT2D eigenvalue weighted by Crippen LogP contribution is -2.29. The third-order valence-corrected chi connectivity index (χ3v) is 7.01. The maximum Gasteiger partial charge on any atom is 0.273 e. The highest BCUT2D eigenvalue weighted by molar-refractivity contribution is 6.03. The standard InChI is InChI=1S/C33H30N4O4/c38-32-15-13-24-7-1-4-10-27(24)29(32)21-34-17-19-36(23-26-9-3-6-12-31(26)37(40)41)20-18-35-22-30-28-11-5-2-8-25(28)14-16-33(30)39/h1-16,21-22,38-39H,17-20,23H2. The summed E-state index contributed by atoms with van der Waals surface area (Å²) in [5, 5.41) is 36.3. The Bertz CT molecular complexity index is 1650. The van der Waals surface area contributed by atoms with Gasteiger partial charge in [-0.15, -0.1) is 0 Å². The van der Waals surface area contributed by atoms with Gasteiger partial charge in [0.25, 0.3) is 5.69 Å². The number of hydrogen-bond acceptors (Lipinski definition) is 7. The molecule has 0 saturated heterocycles. The van der Waals surface area contributed by atoms with Crippen LogP contribution in [0.15, 0.2) is 107 Å². The molecule has 0 aromatic heterocycles. The monoisotopic (exact) mass is 546 g/mol. The summed E-state index contributed by atoms with van der Waals surface area (Å²) in [6.45, 7) is 2.28. The topological polar surface area (TPSA) is 112 Å². The van der Waals surface area contributed by atoms with Gasteiger partial charge in [0.1, 0.15) is 11.5 Å². The number of aliphatic imine (C=N–C) groups is 2. The number of phenols is 2. The highest BCUT2D eigenvalue weighted by Crippen LogP contribution is 2.27. The molecule has 0 radical (unpaired) electrons. The Balaban J connectivity index is 1.31. The van der Waals surface area contributed by atoms with Crippen molar-refractivity contribution in [2.24, 2.45) is 9.98 Å². The number of aromatic hydroxyl groups is 2. The number of nitro groups is 1. The van der Waals surface area contributed by atoms with E-state index in [1.807, 2.05) is 60.7 Å². The smallest absolute Gasteiger partial charge is 0.273 e.